The number of rotatable bonds is 6. The molecule has 1 aromatic heterocycles. The summed E-state index contributed by atoms with van der Waals surface area (Å²) in [7, 11) is 0. The smallest absolute Gasteiger partial charge is 0.293 e. The van der Waals surface area contributed by atoms with Crippen LogP contribution in [0.15, 0.2) is 17.2 Å². The van der Waals surface area contributed by atoms with Gasteiger partial charge in [0.15, 0.2) is 5.82 Å². The van der Waals surface area contributed by atoms with Gasteiger partial charge in [0.25, 0.3) is 5.56 Å². The first-order valence-electron chi connectivity index (χ1n) is 6.12. The largest absolute Gasteiger partial charge is 0.365 e. The molecule has 3 N–H and O–H groups in total. The Morgan fingerprint density at radius 1 is 1.53 bits per heavy atom. The van der Waals surface area contributed by atoms with E-state index in [1.54, 1.807) is 17.0 Å². The van der Waals surface area contributed by atoms with Gasteiger partial charge in [-0.15, -0.1) is 0 Å². The van der Waals surface area contributed by atoms with Crippen LogP contribution >= 0.6 is 0 Å². The first-order chi connectivity index (χ1) is 8.06. The minimum absolute atomic E-state index is 0.0763. The quantitative estimate of drug-likeness (QED) is 0.785. The Labute approximate surface area is 102 Å². The molecule has 0 saturated carbocycles. The van der Waals surface area contributed by atoms with Gasteiger partial charge in [0.1, 0.15) is 0 Å². The molecule has 5 nitrogen and oxygen atoms in total. The molecule has 5 heteroatoms. The standard InChI is InChI=1S/C12H22N4O/c1-4-10(13)5-6-14-11-12(17)16(9(2)3)8-7-15-11/h7-10H,4-6,13H2,1-3H3,(H,14,15). The van der Waals surface area contributed by atoms with Gasteiger partial charge >= 0.3 is 0 Å². The summed E-state index contributed by atoms with van der Waals surface area (Å²) in [5, 5.41) is 3.05. The second-order valence-corrected chi connectivity index (χ2v) is 4.47. The summed E-state index contributed by atoms with van der Waals surface area (Å²) in [6.07, 6.45) is 5.13. The van der Waals surface area contributed by atoms with Gasteiger partial charge in [-0.2, -0.15) is 0 Å². The summed E-state index contributed by atoms with van der Waals surface area (Å²) in [5.74, 6) is 0.407. The van der Waals surface area contributed by atoms with Crippen molar-refractivity contribution < 1.29 is 0 Å². The number of aromatic nitrogens is 2. The van der Waals surface area contributed by atoms with Gasteiger partial charge < -0.3 is 15.6 Å². The topological polar surface area (TPSA) is 72.9 Å². The zero-order chi connectivity index (χ0) is 12.8. The molecule has 0 spiro atoms. The molecule has 96 valence electrons. The molecule has 1 aromatic rings. The lowest BCUT2D eigenvalue weighted by molar-refractivity contribution is 0.573. The monoisotopic (exact) mass is 238 g/mol. The lowest BCUT2D eigenvalue weighted by Crippen LogP contribution is -2.28. The van der Waals surface area contributed by atoms with Gasteiger partial charge in [-0.3, -0.25) is 4.79 Å². The van der Waals surface area contributed by atoms with Gasteiger partial charge in [-0.1, -0.05) is 6.92 Å². The van der Waals surface area contributed by atoms with E-state index in [4.69, 9.17) is 5.73 Å². The highest BCUT2D eigenvalue weighted by Gasteiger charge is 2.07. The fraction of sp³-hybridized carbons (Fsp3) is 0.667. The fourth-order valence-corrected chi connectivity index (χ4v) is 1.53. The van der Waals surface area contributed by atoms with E-state index in [9.17, 15) is 4.79 Å². The van der Waals surface area contributed by atoms with E-state index in [-0.39, 0.29) is 17.6 Å². The zero-order valence-corrected chi connectivity index (χ0v) is 10.8. The summed E-state index contributed by atoms with van der Waals surface area (Å²) < 4.78 is 1.66. The number of hydrogen-bond donors (Lipinski definition) is 2. The number of hydrogen-bond acceptors (Lipinski definition) is 4. The molecule has 1 unspecified atom stereocenters. The van der Waals surface area contributed by atoms with Crippen LogP contribution in [0.25, 0.3) is 0 Å². The maximum Gasteiger partial charge on any atom is 0.293 e. The van der Waals surface area contributed by atoms with Crippen LogP contribution in [-0.2, 0) is 0 Å². The predicted octanol–water partition coefficient (Wildman–Crippen LogP) is 1.36. The van der Waals surface area contributed by atoms with Crippen LogP contribution in [0.5, 0.6) is 0 Å². The van der Waals surface area contributed by atoms with E-state index in [2.05, 4.69) is 17.2 Å². The van der Waals surface area contributed by atoms with Crippen molar-refractivity contribution in [3.8, 4) is 0 Å². The van der Waals surface area contributed by atoms with Crippen molar-refractivity contribution in [2.75, 3.05) is 11.9 Å². The molecule has 1 atom stereocenters. The van der Waals surface area contributed by atoms with E-state index in [1.807, 2.05) is 13.8 Å². The second kappa shape index (κ2) is 6.39. The van der Waals surface area contributed by atoms with Gasteiger partial charge in [-0.05, 0) is 26.7 Å². The van der Waals surface area contributed by atoms with E-state index in [0.717, 1.165) is 12.8 Å². The van der Waals surface area contributed by atoms with Crippen molar-refractivity contribution in [3.05, 3.63) is 22.7 Å². The lowest BCUT2D eigenvalue weighted by atomic mass is 10.2. The zero-order valence-electron chi connectivity index (χ0n) is 10.8. The Morgan fingerprint density at radius 3 is 2.82 bits per heavy atom. The molecule has 1 heterocycles. The van der Waals surface area contributed by atoms with Gasteiger partial charge in [0, 0.05) is 31.0 Å². The molecule has 0 aromatic carbocycles. The third-order valence-electron chi connectivity index (χ3n) is 2.76. The molecule has 0 fully saturated rings. The van der Waals surface area contributed by atoms with Crippen molar-refractivity contribution in [2.45, 2.75) is 45.7 Å². The third-order valence-corrected chi connectivity index (χ3v) is 2.76. The van der Waals surface area contributed by atoms with Crippen molar-refractivity contribution in [1.82, 2.24) is 9.55 Å². The molecule has 0 radical (unpaired) electrons. The van der Waals surface area contributed by atoms with E-state index < -0.39 is 0 Å². The summed E-state index contributed by atoms with van der Waals surface area (Å²) in [6, 6.07) is 0.322. The van der Waals surface area contributed by atoms with Crippen LogP contribution in [0.2, 0.25) is 0 Å². The molecular weight excluding hydrogens is 216 g/mol. The van der Waals surface area contributed by atoms with Crippen LogP contribution in [-0.4, -0.2) is 22.1 Å². The minimum atomic E-state index is -0.0763. The number of nitrogens with two attached hydrogens (primary N) is 1. The molecule has 17 heavy (non-hydrogen) atoms. The maximum atomic E-state index is 12.0. The Morgan fingerprint density at radius 2 is 2.24 bits per heavy atom. The average Bonchev–Trinajstić information content (AvgIpc) is 2.30. The average molecular weight is 238 g/mol. The summed E-state index contributed by atoms with van der Waals surface area (Å²) in [5.41, 5.74) is 5.73. The third kappa shape index (κ3) is 3.85. The van der Waals surface area contributed by atoms with Crippen molar-refractivity contribution in [3.63, 3.8) is 0 Å². The summed E-state index contributed by atoms with van der Waals surface area (Å²) in [4.78, 5) is 16.0. The van der Waals surface area contributed by atoms with Crippen LogP contribution in [0, 0.1) is 0 Å². The maximum absolute atomic E-state index is 12.0. The van der Waals surface area contributed by atoms with E-state index in [0.29, 0.717) is 12.4 Å². The summed E-state index contributed by atoms with van der Waals surface area (Å²) >= 11 is 0. The molecule has 0 aliphatic heterocycles. The van der Waals surface area contributed by atoms with Crippen molar-refractivity contribution in [1.29, 1.82) is 0 Å². The predicted molar refractivity (Wildman–Crippen MR) is 70.3 cm³/mol. The van der Waals surface area contributed by atoms with Gasteiger partial charge in [-0.25, -0.2) is 4.98 Å². The first kappa shape index (κ1) is 13.7. The minimum Gasteiger partial charge on any atom is -0.365 e. The van der Waals surface area contributed by atoms with Crippen molar-refractivity contribution >= 4 is 5.82 Å². The van der Waals surface area contributed by atoms with Gasteiger partial charge in [0.05, 0.1) is 0 Å². The van der Waals surface area contributed by atoms with Crippen LogP contribution in [0.1, 0.15) is 39.7 Å². The molecular formula is C12H22N4O. The van der Waals surface area contributed by atoms with E-state index in [1.165, 1.54) is 0 Å². The van der Waals surface area contributed by atoms with Crippen LogP contribution in [0.3, 0.4) is 0 Å². The Bertz CT molecular complexity index is 400. The highest BCUT2D eigenvalue weighted by Crippen LogP contribution is 2.02. The highest BCUT2D eigenvalue weighted by molar-refractivity contribution is 5.30. The first-order valence-corrected chi connectivity index (χ1v) is 6.12. The Balaban J connectivity index is 2.66. The fourth-order valence-electron chi connectivity index (χ4n) is 1.53. The van der Waals surface area contributed by atoms with Crippen LogP contribution in [0.4, 0.5) is 5.82 Å². The molecule has 0 aliphatic rings. The van der Waals surface area contributed by atoms with Crippen LogP contribution < -0.4 is 16.6 Å². The molecule has 0 saturated heterocycles. The van der Waals surface area contributed by atoms with E-state index >= 15 is 0 Å². The Kier molecular flexibility index (Phi) is 5.15. The number of nitrogens with one attached hydrogen (secondary N) is 1. The normalized spacial score (nSPS) is 12.8. The number of anilines is 1. The molecule has 0 aliphatic carbocycles. The SMILES string of the molecule is CCC(N)CCNc1nccn(C(C)C)c1=O. The molecule has 0 bridgehead atoms. The molecule has 1 rings (SSSR count). The highest BCUT2D eigenvalue weighted by atomic mass is 16.1. The Hall–Kier alpha value is -1.36. The molecule has 0 amide bonds. The summed E-state index contributed by atoms with van der Waals surface area (Å²) in [6.45, 7) is 6.67. The van der Waals surface area contributed by atoms with Crippen molar-refractivity contribution in [2.24, 2.45) is 5.73 Å². The second-order valence-electron chi connectivity index (χ2n) is 4.47. The number of nitrogens with zero attached hydrogens (tertiary/aromatic N) is 2. The van der Waals surface area contributed by atoms with Gasteiger partial charge in [0.2, 0.25) is 0 Å². The lowest BCUT2D eigenvalue weighted by Gasteiger charge is -2.12.